The second kappa shape index (κ2) is 5.58. The SMILES string of the molecule is O=C(O)c1ccccc1Oc1ccc2ccccc2c1Br. The molecule has 3 aromatic rings. The summed E-state index contributed by atoms with van der Waals surface area (Å²) in [5, 5.41) is 11.3. The Morgan fingerprint density at radius 2 is 1.62 bits per heavy atom. The van der Waals surface area contributed by atoms with Crippen LogP contribution in [0.1, 0.15) is 10.4 Å². The maximum atomic E-state index is 11.2. The molecule has 104 valence electrons. The molecule has 0 amide bonds. The van der Waals surface area contributed by atoms with E-state index in [1.165, 1.54) is 6.07 Å². The summed E-state index contributed by atoms with van der Waals surface area (Å²) in [6.07, 6.45) is 0. The number of ether oxygens (including phenoxy) is 1. The fourth-order valence-corrected chi connectivity index (χ4v) is 2.72. The van der Waals surface area contributed by atoms with E-state index in [1.54, 1.807) is 18.2 Å². The van der Waals surface area contributed by atoms with Crippen LogP contribution < -0.4 is 4.74 Å². The Morgan fingerprint density at radius 1 is 0.905 bits per heavy atom. The Bertz CT molecular complexity index is 827. The maximum absolute atomic E-state index is 11.2. The summed E-state index contributed by atoms with van der Waals surface area (Å²) in [6.45, 7) is 0. The van der Waals surface area contributed by atoms with Gasteiger partial charge in [-0.25, -0.2) is 4.79 Å². The van der Waals surface area contributed by atoms with Crippen molar-refractivity contribution in [3.8, 4) is 11.5 Å². The van der Waals surface area contributed by atoms with E-state index < -0.39 is 5.97 Å². The average Bonchev–Trinajstić information content (AvgIpc) is 2.51. The third-order valence-electron chi connectivity index (χ3n) is 3.17. The fraction of sp³-hybridized carbons (Fsp3) is 0. The summed E-state index contributed by atoms with van der Waals surface area (Å²) in [5.74, 6) is -0.106. The number of fused-ring (bicyclic) bond motifs is 1. The zero-order chi connectivity index (χ0) is 14.8. The minimum atomic E-state index is -1.01. The molecule has 0 spiro atoms. The molecule has 21 heavy (non-hydrogen) atoms. The predicted octanol–water partition coefficient (Wildman–Crippen LogP) is 5.09. The van der Waals surface area contributed by atoms with Gasteiger partial charge in [-0.15, -0.1) is 0 Å². The van der Waals surface area contributed by atoms with Crippen molar-refractivity contribution in [2.45, 2.75) is 0 Å². The molecule has 0 aliphatic heterocycles. The first-order valence-corrected chi connectivity index (χ1v) is 7.13. The normalized spacial score (nSPS) is 10.5. The van der Waals surface area contributed by atoms with E-state index >= 15 is 0 Å². The molecule has 0 unspecified atom stereocenters. The molecule has 0 heterocycles. The standard InChI is InChI=1S/C17H11BrO3/c18-16-12-6-2-1-5-11(12)9-10-15(16)21-14-8-4-3-7-13(14)17(19)20/h1-10H,(H,19,20). The largest absolute Gasteiger partial charge is 0.478 e. The molecule has 0 aromatic heterocycles. The second-order valence-electron chi connectivity index (χ2n) is 4.50. The molecule has 0 fully saturated rings. The van der Waals surface area contributed by atoms with Gasteiger partial charge in [0.15, 0.2) is 0 Å². The molecule has 0 aliphatic carbocycles. The van der Waals surface area contributed by atoms with Crippen LogP contribution in [0.5, 0.6) is 11.5 Å². The minimum Gasteiger partial charge on any atom is -0.478 e. The van der Waals surface area contributed by atoms with E-state index in [0.29, 0.717) is 11.5 Å². The monoisotopic (exact) mass is 342 g/mol. The van der Waals surface area contributed by atoms with Gasteiger partial charge in [0.2, 0.25) is 0 Å². The number of hydrogen-bond acceptors (Lipinski definition) is 2. The van der Waals surface area contributed by atoms with Crippen LogP contribution in [0, 0.1) is 0 Å². The third-order valence-corrected chi connectivity index (χ3v) is 3.98. The fourth-order valence-electron chi connectivity index (χ4n) is 2.14. The molecular formula is C17H11BrO3. The van der Waals surface area contributed by atoms with E-state index in [9.17, 15) is 9.90 Å². The molecule has 0 saturated carbocycles. The van der Waals surface area contributed by atoms with Gasteiger partial charge in [-0.2, -0.15) is 0 Å². The number of aromatic carboxylic acids is 1. The van der Waals surface area contributed by atoms with Crippen molar-refractivity contribution in [3.63, 3.8) is 0 Å². The van der Waals surface area contributed by atoms with Gasteiger partial charge >= 0.3 is 5.97 Å². The first-order valence-electron chi connectivity index (χ1n) is 6.34. The molecule has 1 N–H and O–H groups in total. The maximum Gasteiger partial charge on any atom is 0.339 e. The lowest BCUT2D eigenvalue weighted by Gasteiger charge is -2.11. The molecule has 3 aromatic carbocycles. The highest BCUT2D eigenvalue weighted by atomic mass is 79.9. The lowest BCUT2D eigenvalue weighted by Crippen LogP contribution is -1.99. The van der Waals surface area contributed by atoms with Crippen LogP contribution in [0.4, 0.5) is 0 Å². The predicted molar refractivity (Wildman–Crippen MR) is 85.1 cm³/mol. The van der Waals surface area contributed by atoms with Crippen molar-refractivity contribution in [2.75, 3.05) is 0 Å². The van der Waals surface area contributed by atoms with Crippen LogP contribution in [0.25, 0.3) is 10.8 Å². The quantitative estimate of drug-likeness (QED) is 0.720. The van der Waals surface area contributed by atoms with Gasteiger partial charge < -0.3 is 9.84 Å². The molecule has 3 nitrogen and oxygen atoms in total. The van der Waals surface area contributed by atoms with Crippen LogP contribution in [0.2, 0.25) is 0 Å². The first-order chi connectivity index (χ1) is 10.2. The van der Waals surface area contributed by atoms with Crippen molar-refractivity contribution in [1.82, 2.24) is 0 Å². The van der Waals surface area contributed by atoms with E-state index in [-0.39, 0.29) is 5.56 Å². The number of para-hydroxylation sites is 1. The van der Waals surface area contributed by atoms with E-state index in [0.717, 1.165) is 15.2 Å². The summed E-state index contributed by atoms with van der Waals surface area (Å²) in [4.78, 5) is 11.2. The Morgan fingerprint density at radius 3 is 2.43 bits per heavy atom. The van der Waals surface area contributed by atoms with Crippen LogP contribution in [0.3, 0.4) is 0 Å². The second-order valence-corrected chi connectivity index (χ2v) is 5.30. The zero-order valence-electron chi connectivity index (χ0n) is 10.9. The molecule has 4 heteroatoms. The number of halogens is 1. The molecule has 3 rings (SSSR count). The van der Waals surface area contributed by atoms with Gasteiger partial charge in [-0.05, 0) is 44.9 Å². The minimum absolute atomic E-state index is 0.137. The van der Waals surface area contributed by atoms with Gasteiger partial charge in [0.1, 0.15) is 17.1 Å². The van der Waals surface area contributed by atoms with Crippen molar-refractivity contribution in [3.05, 3.63) is 70.7 Å². The van der Waals surface area contributed by atoms with Crippen LogP contribution in [0.15, 0.2) is 65.1 Å². The molecule has 0 bridgehead atoms. The summed E-state index contributed by atoms with van der Waals surface area (Å²) in [6, 6.07) is 18.3. The highest BCUT2D eigenvalue weighted by molar-refractivity contribution is 9.10. The molecule has 0 atom stereocenters. The van der Waals surface area contributed by atoms with Crippen LogP contribution in [-0.2, 0) is 0 Å². The highest BCUT2D eigenvalue weighted by Gasteiger charge is 2.13. The Hall–Kier alpha value is -2.33. The molecule has 0 radical (unpaired) electrons. The number of hydrogen-bond donors (Lipinski definition) is 1. The van der Waals surface area contributed by atoms with Crippen molar-refractivity contribution >= 4 is 32.7 Å². The van der Waals surface area contributed by atoms with Crippen molar-refractivity contribution in [1.29, 1.82) is 0 Å². The smallest absolute Gasteiger partial charge is 0.339 e. The van der Waals surface area contributed by atoms with Gasteiger partial charge in [0.05, 0.1) is 4.47 Å². The average molecular weight is 343 g/mol. The topological polar surface area (TPSA) is 46.5 Å². The summed E-state index contributed by atoms with van der Waals surface area (Å²) >= 11 is 3.53. The van der Waals surface area contributed by atoms with Gasteiger partial charge in [-0.1, -0.05) is 42.5 Å². The number of carboxylic acids is 1. The van der Waals surface area contributed by atoms with E-state index in [4.69, 9.17) is 4.74 Å². The lowest BCUT2D eigenvalue weighted by molar-refractivity contribution is 0.0694. The molecular weight excluding hydrogens is 332 g/mol. The van der Waals surface area contributed by atoms with Gasteiger partial charge in [0.25, 0.3) is 0 Å². The van der Waals surface area contributed by atoms with Gasteiger partial charge in [0, 0.05) is 0 Å². The van der Waals surface area contributed by atoms with E-state index in [2.05, 4.69) is 15.9 Å². The van der Waals surface area contributed by atoms with Crippen LogP contribution >= 0.6 is 15.9 Å². The summed E-state index contributed by atoms with van der Waals surface area (Å²) < 4.78 is 6.59. The highest BCUT2D eigenvalue weighted by Crippen LogP contribution is 2.36. The summed E-state index contributed by atoms with van der Waals surface area (Å²) in [5.41, 5.74) is 0.137. The Labute approximate surface area is 129 Å². The number of carbonyl (C=O) groups is 1. The molecule has 0 aliphatic rings. The molecule has 0 saturated heterocycles. The Kier molecular flexibility index (Phi) is 3.62. The summed E-state index contributed by atoms with van der Waals surface area (Å²) in [7, 11) is 0. The van der Waals surface area contributed by atoms with Crippen molar-refractivity contribution in [2.24, 2.45) is 0 Å². The number of rotatable bonds is 3. The number of carboxylic acid groups (broad SMARTS) is 1. The lowest BCUT2D eigenvalue weighted by atomic mass is 10.1. The van der Waals surface area contributed by atoms with Crippen LogP contribution in [-0.4, -0.2) is 11.1 Å². The van der Waals surface area contributed by atoms with E-state index in [1.807, 2.05) is 36.4 Å². The van der Waals surface area contributed by atoms with Gasteiger partial charge in [-0.3, -0.25) is 0 Å². The number of benzene rings is 3. The Balaban J connectivity index is 2.07. The van der Waals surface area contributed by atoms with Crippen molar-refractivity contribution < 1.29 is 14.6 Å². The first kappa shape index (κ1) is 13.6. The third kappa shape index (κ3) is 2.62. The zero-order valence-corrected chi connectivity index (χ0v) is 12.5.